The van der Waals surface area contributed by atoms with Crippen LogP contribution in [0, 0.1) is 11.8 Å². The molecule has 1 aliphatic rings. The molecule has 35 heavy (non-hydrogen) atoms. The van der Waals surface area contributed by atoms with E-state index in [-0.39, 0.29) is 5.91 Å². The summed E-state index contributed by atoms with van der Waals surface area (Å²) in [5, 5.41) is 2.95. The van der Waals surface area contributed by atoms with Crippen molar-refractivity contribution in [1.82, 2.24) is 9.88 Å². The van der Waals surface area contributed by atoms with E-state index in [0.717, 1.165) is 30.6 Å². The molecule has 1 aromatic heterocycles. The molecule has 4 rings (SSSR count). The molecule has 0 radical (unpaired) electrons. The largest absolute Gasteiger partial charge is 0.373 e. The van der Waals surface area contributed by atoms with Gasteiger partial charge in [-0.15, -0.1) is 0 Å². The summed E-state index contributed by atoms with van der Waals surface area (Å²) in [6.07, 6.45) is 6.32. The molecule has 1 aliphatic carbocycles. The van der Waals surface area contributed by atoms with Gasteiger partial charge in [0.25, 0.3) is 5.91 Å². The van der Waals surface area contributed by atoms with Gasteiger partial charge in [-0.1, -0.05) is 24.5 Å². The number of carbonyl (C=O) groups excluding carboxylic acids is 2. The fourth-order valence-corrected chi connectivity index (χ4v) is 4.00. The van der Waals surface area contributed by atoms with Gasteiger partial charge < -0.3 is 15.0 Å². The Morgan fingerprint density at radius 1 is 1.06 bits per heavy atom. The minimum Gasteiger partial charge on any atom is -0.373 e. The fourth-order valence-electron chi connectivity index (χ4n) is 4.00. The average Bonchev–Trinajstić information content (AvgIpc) is 2.86. The van der Waals surface area contributed by atoms with Gasteiger partial charge in [-0.3, -0.25) is 9.69 Å². The van der Waals surface area contributed by atoms with Crippen LogP contribution in [0.1, 0.15) is 40.9 Å². The van der Waals surface area contributed by atoms with E-state index in [1.807, 2.05) is 73.8 Å². The average molecular weight is 467 g/mol. The summed E-state index contributed by atoms with van der Waals surface area (Å²) < 4.78 is 0. The number of nitrogens with one attached hydrogen (secondary N) is 1. The van der Waals surface area contributed by atoms with Gasteiger partial charge in [-0.25, -0.2) is 4.98 Å². The molecule has 178 valence electrons. The lowest BCUT2D eigenvalue weighted by molar-refractivity contribution is -0.109. The Hall–Kier alpha value is -3.95. The predicted octanol–water partition coefficient (Wildman–Crippen LogP) is 4.22. The summed E-state index contributed by atoms with van der Waals surface area (Å²) in [6, 6.07) is 21.2. The quantitative estimate of drug-likeness (QED) is 0.378. The highest BCUT2D eigenvalue weighted by Crippen LogP contribution is 2.24. The van der Waals surface area contributed by atoms with Gasteiger partial charge in [0.05, 0.1) is 6.54 Å². The number of amides is 1. The maximum Gasteiger partial charge on any atom is 0.255 e. The molecule has 3 aromatic rings. The number of nitrogens with zero attached hydrogens (tertiary/aromatic N) is 3. The second-order valence-corrected chi connectivity index (χ2v) is 8.71. The molecule has 0 unspecified atom stereocenters. The van der Waals surface area contributed by atoms with E-state index in [0.29, 0.717) is 29.5 Å². The number of carbonyl (C=O) groups is 2. The number of pyridine rings is 1. The lowest BCUT2D eigenvalue weighted by atomic mass is 9.91. The third-order valence-corrected chi connectivity index (χ3v) is 6.31. The number of aldehydes is 1. The Kier molecular flexibility index (Phi) is 8.26. The number of likely N-dealkylation sites (N-methyl/N-ethyl adjacent to an activating group) is 1. The Balaban J connectivity index is 1.33. The highest BCUT2D eigenvalue weighted by Gasteiger charge is 2.24. The molecule has 1 N–H and O–H groups in total. The maximum atomic E-state index is 12.8. The van der Waals surface area contributed by atoms with Crippen LogP contribution in [0.15, 0.2) is 72.9 Å². The lowest BCUT2D eigenvalue weighted by Crippen LogP contribution is -2.44. The van der Waals surface area contributed by atoms with E-state index in [4.69, 9.17) is 0 Å². The highest BCUT2D eigenvalue weighted by atomic mass is 16.1. The zero-order chi connectivity index (χ0) is 24.5. The van der Waals surface area contributed by atoms with E-state index in [1.165, 1.54) is 19.3 Å². The van der Waals surface area contributed by atoms with Crippen LogP contribution in [-0.4, -0.2) is 54.8 Å². The van der Waals surface area contributed by atoms with Crippen molar-refractivity contribution in [3.8, 4) is 11.8 Å². The van der Waals surface area contributed by atoms with Crippen molar-refractivity contribution < 1.29 is 9.59 Å². The second-order valence-electron chi connectivity index (χ2n) is 8.71. The molecule has 0 atom stereocenters. The minimum absolute atomic E-state index is 0.170. The summed E-state index contributed by atoms with van der Waals surface area (Å²) in [7, 11) is 2.03. The minimum atomic E-state index is -0.170. The van der Waals surface area contributed by atoms with Crippen LogP contribution < -0.4 is 10.2 Å². The Morgan fingerprint density at radius 3 is 2.57 bits per heavy atom. The first-order chi connectivity index (χ1) is 17.1. The van der Waals surface area contributed by atoms with E-state index in [2.05, 4.69) is 31.9 Å². The Morgan fingerprint density at radius 2 is 1.89 bits per heavy atom. The summed E-state index contributed by atoms with van der Waals surface area (Å²) >= 11 is 0. The molecule has 0 bridgehead atoms. The molecule has 1 fully saturated rings. The van der Waals surface area contributed by atoms with E-state index < -0.39 is 0 Å². The van der Waals surface area contributed by atoms with Crippen LogP contribution in [0.2, 0.25) is 0 Å². The van der Waals surface area contributed by atoms with Gasteiger partial charge in [-0.2, -0.15) is 0 Å². The summed E-state index contributed by atoms with van der Waals surface area (Å²) in [6.45, 7) is 2.16. The van der Waals surface area contributed by atoms with Gasteiger partial charge in [0.2, 0.25) is 0 Å². The third-order valence-electron chi connectivity index (χ3n) is 6.31. The van der Waals surface area contributed by atoms with E-state index >= 15 is 0 Å². The second kappa shape index (κ2) is 12.0. The number of benzene rings is 2. The summed E-state index contributed by atoms with van der Waals surface area (Å²) in [4.78, 5) is 32.4. The number of aromatic nitrogens is 1. The number of anilines is 2. The standard InChI is InChI=1S/C29H30N4O2/c1-32(18-19-33(20-21-34)28-9-5-10-28)27-15-12-24(13-16-27)29(35)31-26-8-4-6-23(22-26)11-14-25-7-2-3-17-30-25/h2-4,6-8,12-13,15-17,21-22,28H,5,9-10,18-20H2,1H3,(H,31,35). The molecular formula is C29H30N4O2. The van der Waals surface area contributed by atoms with Crippen LogP contribution >= 0.6 is 0 Å². The predicted molar refractivity (Wildman–Crippen MR) is 140 cm³/mol. The number of hydrogen-bond acceptors (Lipinski definition) is 5. The third kappa shape index (κ3) is 6.78. The van der Waals surface area contributed by atoms with Gasteiger partial charge in [-0.05, 0) is 73.4 Å². The molecule has 1 amide bonds. The van der Waals surface area contributed by atoms with Crippen molar-refractivity contribution in [1.29, 1.82) is 0 Å². The van der Waals surface area contributed by atoms with Crippen molar-refractivity contribution in [3.05, 3.63) is 89.7 Å². The monoisotopic (exact) mass is 466 g/mol. The van der Waals surface area contributed by atoms with Crippen LogP contribution in [0.25, 0.3) is 0 Å². The highest BCUT2D eigenvalue weighted by molar-refractivity contribution is 6.04. The van der Waals surface area contributed by atoms with Crippen molar-refractivity contribution >= 4 is 23.6 Å². The smallest absolute Gasteiger partial charge is 0.255 e. The summed E-state index contributed by atoms with van der Waals surface area (Å²) in [5.41, 5.74) is 3.81. The van der Waals surface area contributed by atoms with Crippen molar-refractivity contribution in [2.45, 2.75) is 25.3 Å². The SMILES string of the molecule is CN(CCN(CC=O)C1CCC1)c1ccc(C(=O)Nc2cccc(C#Cc3ccccn3)c2)cc1. The first-order valence-corrected chi connectivity index (χ1v) is 12.0. The molecule has 0 spiro atoms. The molecule has 1 heterocycles. The molecule has 2 aromatic carbocycles. The molecule has 0 saturated heterocycles. The normalized spacial score (nSPS) is 12.9. The van der Waals surface area contributed by atoms with Crippen molar-refractivity contribution in [2.75, 3.05) is 36.9 Å². The fraction of sp³-hybridized carbons (Fsp3) is 0.276. The summed E-state index contributed by atoms with van der Waals surface area (Å²) in [5.74, 6) is 5.94. The van der Waals surface area contributed by atoms with Gasteiger partial charge >= 0.3 is 0 Å². The van der Waals surface area contributed by atoms with E-state index in [1.54, 1.807) is 6.20 Å². The molecular weight excluding hydrogens is 436 g/mol. The molecule has 0 aliphatic heterocycles. The molecule has 1 saturated carbocycles. The number of rotatable bonds is 9. The van der Waals surface area contributed by atoms with Crippen LogP contribution in [0.5, 0.6) is 0 Å². The van der Waals surface area contributed by atoms with Crippen LogP contribution in [0.3, 0.4) is 0 Å². The van der Waals surface area contributed by atoms with Gasteiger partial charge in [0.1, 0.15) is 12.0 Å². The molecule has 6 heteroatoms. The van der Waals surface area contributed by atoms with Gasteiger partial charge in [0, 0.05) is 54.9 Å². The molecule has 6 nitrogen and oxygen atoms in total. The zero-order valence-corrected chi connectivity index (χ0v) is 20.0. The maximum absolute atomic E-state index is 12.8. The van der Waals surface area contributed by atoms with E-state index in [9.17, 15) is 9.59 Å². The van der Waals surface area contributed by atoms with Crippen molar-refractivity contribution in [3.63, 3.8) is 0 Å². The lowest BCUT2D eigenvalue weighted by Gasteiger charge is -2.37. The first kappa shape index (κ1) is 24.2. The van der Waals surface area contributed by atoms with Gasteiger partial charge in [0.15, 0.2) is 0 Å². The Labute approximate surface area is 207 Å². The number of hydrogen-bond donors (Lipinski definition) is 1. The first-order valence-electron chi connectivity index (χ1n) is 12.0. The van der Waals surface area contributed by atoms with Crippen LogP contribution in [-0.2, 0) is 4.79 Å². The van der Waals surface area contributed by atoms with Crippen molar-refractivity contribution in [2.24, 2.45) is 0 Å². The Bertz CT molecular complexity index is 1190. The van der Waals surface area contributed by atoms with Crippen LogP contribution in [0.4, 0.5) is 11.4 Å². The zero-order valence-electron chi connectivity index (χ0n) is 20.0. The topological polar surface area (TPSA) is 65.5 Å².